The minimum Gasteiger partial charge on any atom is -0.437 e. The number of ether oxygens (including phenoxy) is 1. The van der Waals surface area contributed by atoms with E-state index in [1.165, 1.54) is 0 Å². The first-order chi connectivity index (χ1) is 10.3. The van der Waals surface area contributed by atoms with Crippen molar-refractivity contribution in [2.24, 2.45) is 0 Å². The van der Waals surface area contributed by atoms with Gasteiger partial charge >= 0.3 is 0 Å². The molecule has 3 rings (SSSR count). The Balaban J connectivity index is 1.83. The molecule has 0 bridgehead atoms. The van der Waals surface area contributed by atoms with Crippen LogP contribution >= 0.6 is 0 Å². The van der Waals surface area contributed by atoms with Gasteiger partial charge in [-0.2, -0.15) is 0 Å². The molecule has 0 atom stereocenters. The maximum Gasteiger partial charge on any atom is 0.248 e. The van der Waals surface area contributed by atoms with Gasteiger partial charge in [-0.25, -0.2) is 0 Å². The standard InChI is InChI=1S/C17H14N2O2/c20-13-15-12-19(11-14-7-3-1-4-8-14)18-17(15)21-16-9-5-2-6-10-16/h1-10,12-13H,11H2. The Hall–Kier alpha value is -2.88. The monoisotopic (exact) mass is 278 g/mol. The minimum absolute atomic E-state index is 0.326. The van der Waals surface area contributed by atoms with Crippen LogP contribution in [0.15, 0.2) is 66.9 Å². The molecule has 0 spiro atoms. The van der Waals surface area contributed by atoms with E-state index in [0.29, 0.717) is 23.7 Å². The first-order valence-electron chi connectivity index (χ1n) is 6.64. The molecule has 3 aromatic rings. The van der Waals surface area contributed by atoms with Crippen molar-refractivity contribution in [3.8, 4) is 11.6 Å². The lowest BCUT2D eigenvalue weighted by Crippen LogP contribution is -2.00. The second-order valence-corrected chi connectivity index (χ2v) is 4.61. The predicted molar refractivity (Wildman–Crippen MR) is 79.7 cm³/mol. The van der Waals surface area contributed by atoms with Gasteiger partial charge in [-0.1, -0.05) is 48.5 Å². The van der Waals surface area contributed by atoms with Gasteiger partial charge in [0.25, 0.3) is 0 Å². The Morgan fingerprint density at radius 3 is 2.33 bits per heavy atom. The molecule has 1 aromatic heterocycles. The Bertz CT molecular complexity index is 721. The molecule has 21 heavy (non-hydrogen) atoms. The Morgan fingerprint density at radius 1 is 1.00 bits per heavy atom. The zero-order valence-electron chi connectivity index (χ0n) is 11.3. The molecule has 0 fully saturated rings. The van der Waals surface area contributed by atoms with E-state index in [1.54, 1.807) is 10.9 Å². The molecule has 4 heteroatoms. The van der Waals surface area contributed by atoms with E-state index in [9.17, 15) is 4.79 Å². The van der Waals surface area contributed by atoms with Crippen LogP contribution in [0.2, 0.25) is 0 Å². The largest absolute Gasteiger partial charge is 0.437 e. The highest BCUT2D eigenvalue weighted by atomic mass is 16.5. The van der Waals surface area contributed by atoms with Gasteiger partial charge in [0.2, 0.25) is 5.88 Å². The third kappa shape index (κ3) is 3.17. The van der Waals surface area contributed by atoms with E-state index in [0.717, 1.165) is 11.8 Å². The number of benzene rings is 2. The van der Waals surface area contributed by atoms with Crippen molar-refractivity contribution in [3.63, 3.8) is 0 Å². The number of carbonyl (C=O) groups is 1. The molecule has 2 aromatic carbocycles. The Morgan fingerprint density at radius 2 is 1.67 bits per heavy atom. The van der Waals surface area contributed by atoms with Crippen LogP contribution in [0.3, 0.4) is 0 Å². The maximum atomic E-state index is 11.1. The summed E-state index contributed by atoms with van der Waals surface area (Å²) in [5, 5.41) is 4.33. The molecule has 0 aliphatic carbocycles. The number of aldehydes is 1. The SMILES string of the molecule is O=Cc1cn(Cc2ccccc2)nc1Oc1ccccc1. The molecule has 104 valence electrons. The number of hydrogen-bond acceptors (Lipinski definition) is 3. The highest BCUT2D eigenvalue weighted by molar-refractivity contribution is 5.77. The first kappa shape index (κ1) is 13.1. The molecular formula is C17H14N2O2. The maximum absolute atomic E-state index is 11.1. The number of nitrogens with zero attached hydrogens (tertiary/aromatic N) is 2. The van der Waals surface area contributed by atoms with Crippen LogP contribution in [0.4, 0.5) is 0 Å². The summed E-state index contributed by atoms with van der Waals surface area (Å²) in [6, 6.07) is 19.2. The molecule has 0 saturated heterocycles. The topological polar surface area (TPSA) is 44.1 Å². The summed E-state index contributed by atoms with van der Waals surface area (Å²) in [5.41, 5.74) is 1.55. The van der Waals surface area contributed by atoms with Crippen molar-refractivity contribution >= 4 is 6.29 Å². The third-order valence-corrected chi connectivity index (χ3v) is 3.03. The van der Waals surface area contributed by atoms with Crippen LogP contribution < -0.4 is 4.74 Å². The molecular weight excluding hydrogens is 264 g/mol. The van der Waals surface area contributed by atoms with Gasteiger partial charge < -0.3 is 4.74 Å². The number of carbonyl (C=O) groups excluding carboxylic acids is 1. The van der Waals surface area contributed by atoms with E-state index in [-0.39, 0.29) is 0 Å². The average Bonchev–Trinajstić information content (AvgIpc) is 2.91. The number of hydrogen-bond donors (Lipinski definition) is 0. The molecule has 0 saturated carbocycles. The lowest BCUT2D eigenvalue weighted by molar-refractivity contribution is 0.112. The van der Waals surface area contributed by atoms with Crippen LogP contribution in [0.25, 0.3) is 0 Å². The highest BCUT2D eigenvalue weighted by Crippen LogP contribution is 2.22. The predicted octanol–water partition coefficient (Wildman–Crippen LogP) is 3.54. The van der Waals surface area contributed by atoms with Gasteiger partial charge in [0.05, 0.1) is 12.1 Å². The summed E-state index contributed by atoms with van der Waals surface area (Å²) in [7, 11) is 0. The number of para-hydroxylation sites is 1. The van der Waals surface area contributed by atoms with Crippen LogP contribution in [-0.4, -0.2) is 16.1 Å². The molecule has 0 unspecified atom stereocenters. The molecule has 0 amide bonds. The van der Waals surface area contributed by atoms with E-state index in [2.05, 4.69) is 5.10 Å². The molecule has 0 radical (unpaired) electrons. The number of rotatable bonds is 5. The summed E-state index contributed by atoms with van der Waals surface area (Å²) in [4.78, 5) is 11.1. The van der Waals surface area contributed by atoms with Crippen LogP contribution in [0, 0.1) is 0 Å². The van der Waals surface area contributed by atoms with E-state index in [4.69, 9.17) is 4.74 Å². The summed E-state index contributed by atoms with van der Waals surface area (Å²) < 4.78 is 7.36. The van der Waals surface area contributed by atoms with Gasteiger partial charge in [-0.05, 0) is 17.7 Å². The van der Waals surface area contributed by atoms with E-state index in [1.807, 2.05) is 60.7 Å². The molecule has 0 aliphatic rings. The zero-order valence-corrected chi connectivity index (χ0v) is 11.3. The van der Waals surface area contributed by atoms with Gasteiger partial charge in [0.1, 0.15) is 5.75 Å². The quantitative estimate of drug-likeness (QED) is 0.670. The van der Waals surface area contributed by atoms with Crippen molar-refractivity contribution in [1.82, 2.24) is 9.78 Å². The fourth-order valence-corrected chi connectivity index (χ4v) is 2.03. The summed E-state index contributed by atoms with van der Waals surface area (Å²) in [5.74, 6) is 0.984. The van der Waals surface area contributed by atoms with Gasteiger partial charge in [-0.15, -0.1) is 5.10 Å². The second-order valence-electron chi connectivity index (χ2n) is 4.61. The van der Waals surface area contributed by atoms with Crippen LogP contribution in [0.1, 0.15) is 15.9 Å². The van der Waals surface area contributed by atoms with Gasteiger partial charge in [-0.3, -0.25) is 9.48 Å². The van der Waals surface area contributed by atoms with Crippen molar-refractivity contribution in [3.05, 3.63) is 78.0 Å². The van der Waals surface area contributed by atoms with Gasteiger partial charge in [0, 0.05) is 6.20 Å². The minimum atomic E-state index is 0.326. The second kappa shape index (κ2) is 6.05. The summed E-state index contributed by atoms with van der Waals surface area (Å²) in [6.07, 6.45) is 2.45. The molecule has 0 aliphatic heterocycles. The molecule has 1 heterocycles. The van der Waals surface area contributed by atoms with Crippen molar-refractivity contribution in [1.29, 1.82) is 0 Å². The molecule has 4 nitrogen and oxygen atoms in total. The van der Waals surface area contributed by atoms with Crippen molar-refractivity contribution < 1.29 is 9.53 Å². The first-order valence-corrected chi connectivity index (χ1v) is 6.64. The highest BCUT2D eigenvalue weighted by Gasteiger charge is 2.10. The summed E-state index contributed by atoms with van der Waals surface area (Å²) in [6.45, 7) is 0.597. The van der Waals surface area contributed by atoms with E-state index < -0.39 is 0 Å². The Kier molecular flexibility index (Phi) is 3.78. The fraction of sp³-hybridized carbons (Fsp3) is 0.0588. The molecule has 0 N–H and O–H groups in total. The average molecular weight is 278 g/mol. The Labute approximate surface area is 122 Å². The smallest absolute Gasteiger partial charge is 0.248 e. The summed E-state index contributed by atoms with van der Waals surface area (Å²) >= 11 is 0. The third-order valence-electron chi connectivity index (χ3n) is 3.03. The van der Waals surface area contributed by atoms with Crippen LogP contribution in [-0.2, 0) is 6.54 Å². The zero-order chi connectivity index (χ0) is 14.5. The van der Waals surface area contributed by atoms with Crippen LogP contribution in [0.5, 0.6) is 11.6 Å². The lowest BCUT2D eigenvalue weighted by atomic mass is 10.2. The van der Waals surface area contributed by atoms with Crippen molar-refractivity contribution in [2.45, 2.75) is 6.54 Å². The number of aromatic nitrogens is 2. The lowest BCUT2D eigenvalue weighted by Gasteiger charge is -2.02. The van der Waals surface area contributed by atoms with E-state index >= 15 is 0 Å². The fourth-order valence-electron chi connectivity index (χ4n) is 2.03. The van der Waals surface area contributed by atoms with Gasteiger partial charge in [0.15, 0.2) is 6.29 Å². The normalized spacial score (nSPS) is 10.3. The van der Waals surface area contributed by atoms with Crippen molar-refractivity contribution in [2.75, 3.05) is 0 Å².